The molecule has 0 radical (unpaired) electrons. The zero-order valence-electron chi connectivity index (χ0n) is 23.9. The number of carbonyl (C=O) groups is 5. The van der Waals surface area contributed by atoms with Gasteiger partial charge in [0.05, 0.1) is 17.6 Å². The van der Waals surface area contributed by atoms with Crippen molar-refractivity contribution in [3.63, 3.8) is 0 Å². The normalized spacial score (nSPS) is 16.0. The van der Waals surface area contributed by atoms with Crippen LogP contribution in [0, 0.1) is 11.3 Å². The second kappa shape index (κ2) is 15.7. The summed E-state index contributed by atoms with van der Waals surface area (Å²) in [5.41, 5.74) is 5.04. The Morgan fingerprint density at radius 2 is 1.63 bits per heavy atom. The molecule has 0 saturated heterocycles. The van der Waals surface area contributed by atoms with Gasteiger partial charge in [-0.3, -0.25) is 19.2 Å². The van der Waals surface area contributed by atoms with Crippen molar-refractivity contribution in [1.29, 1.82) is 0 Å². The molecule has 3 amide bonds. The van der Waals surface area contributed by atoms with Crippen molar-refractivity contribution in [2.45, 2.75) is 69.9 Å². The highest BCUT2D eigenvalue weighted by Gasteiger charge is 2.45. The molecule has 0 bridgehead atoms. The van der Waals surface area contributed by atoms with Gasteiger partial charge in [-0.15, -0.1) is 0 Å². The van der Waals surface area contributed by atoms with Gasteiger partial charge in [-0.05, 0) is 74.9 Å². The van der Waals surface area contributed by atoms with Gasteiger partial charge in [-0.25, -0.2) is 4.79 Å². The number of furan rings is 1. The quantitative estimate of drug-likeness (QED) is 0.130. The van der Waals surface area contributed by atoms with E-state index in [2.05, 4.69) is 16.0 Å². The van der Waals surface area contributed by atoms with Crippen LogP contribution in [0.5, 0.6) is 5.75 Å². The first kappa shape index (κ1) is 33.1. The molecule has 1 aromatic carbocycles. The Morgan fingerprint density at radius 1 is 0.930 bits per heavy atom. The number of unbranched alkanes of at least 4 members (excludes halogenated alkanes) is 1. The molecule has 1 heterocycles. The fourth-order valence-electron chi connectivity index (χ4n) is 5.42. The number of phenols is 1. The molecule has 2 aromatic rings. The van der Waals surface area contributed by atoms with Gasteiger partial charge >= 0.3 is 11.9 Å². The summed E-state index contributed by atoms with van der Waals surface area (Å²) in [6.45, 7) is 0.118. The summed E-state index contributed by atoms with van der Waals surface area (Å²) in [5.74, 6) is -5.25. The lowest BCUT2D eigenvalue weighted by atomic mass is 9.76. The first-order valence-electron chi connectivity index (χ1n) is 14.4. The zero-order valence-corrected chi connectivity index (χ0v) is 23.9. The summed E-state index contributed by atoms with van der Waals surface area (Å²) in [6.07, 6.45) is 4.75. The van der Waals surface area contributed by atoms with Crippen LogP contribution in [-0.2, 0) is 25.6 Å². The Kier molecular flexibility index (Phi) is 12.1. The molecule has 0 unspecified atom stereocenters. The Bertz CT molecular complexity index is 1240. The highest BCUT2D eigenvalue weighted by molar-refractivity contribution is 5.95. The van der Waals surface area contributed by atoms with Gasteiger partial charge in [-0.1, -0.05) is 25.0 Å². The lowest BCUT2D eigenvalue weighted by molar-refractivity contribution is -0.147. The molecule has 234 valence electrons. The van der Waals surface area contributed by atoms with E-state index in [0.29, 0.717) is 50.6 Å². The standard InChI is InChI=1S/C30H40N4O9/c31-14-4-1-6-22(33-26(37)24-7-5-15-43-24)25(36)32-18-20(27(38)39)17-30(12-2-3-13-30)29(42)34-23(28(40)41)16-19-8-10-21(35)11-9-19/h5,7-11,15,20,22-23,35H,1-4,6,12-14,16-18,31H2,(H,32,36)(H,33,37)(H,34,42)(H,38,39)(H,40,41)/t20-,22-,23-/m0/s1. The molecule has 1 aromatic heterocycles. The van der Waals surface area contributed by atoms with E-state index in [9.17, 15) is 39.3 Å². The molecule has 8 N–H and O–H groups in total. The summed E-state index contributed by atoms with van der Waals surface area (Å²) in [6, 6.07) is 6.74. The van der Waals surface area contributed by atoms with E-state index in [4.69, 9.17) is 10.2 Å². The summed E-state index contributed by atoms with van der Waals surface area (Å²) in [5, 5.41) is 37.2. The average molecular weight is 601 g/mol. The van der Waals surface area contributed by atoms with Crippen LogP contribution in [0.4, 0.5) is 0 Å². The topological polar surface area (TPSA) is 221 Å². The number of carbonyl (C=O) groups excluding carboxylic acids is 3. The van der Waals surface area contributed by atoms with Gasteiger partial charge in [-0.2, -0.15) is 0 Å². The molecular formula is C30H40N4O9. The van der Waals surface area contributed by atoms with Gasteiger partial charge < -0.3 is 41.4 Å². The van der Waals surface area contributed by atoms with Crippen molar-refractivity contribution >= 4 is 29.7 Å². The van der Waals surface area contributed by atoms with Crippen LogP contribution in [0.25, 0.3) is 0 Å². The average Bonchev–Trinajstić information content (AvgIpc) is 3.69. The molecule has 13 heteroatoms. The van der Waals surface area contributed by atoms with Crippen LogP contribution in [-0.4, -0.2) is 70.2 Å². The minimum atomic E-state index is -1.26. The largest absolute Gasteiger partial charge is 0.508 e. The molecule has 43 heavy (non-hydrogen) atoms. The monoisotopic (exact) mass is 600 g/mol. The number of amides is 3. The predicted molar refractivity (Wildman–Crippen MR) is 154 cm³/mol. The van der Waals surface area contributed by atoms with Gasteiger partial charge in [0.1, 0.15) is 17.8 Å². The van der Waals surface area contributed by atoms with Crippen molar-refractivity contribution in [2.24, 2.45) is 17.1 Å². The molecule has 13 nitrogen and oxygen atoms in total. The maximum atomic E-state index is 13.6. The van der Waals surface area contributed by atoms with E-state index in [-0.39, 0.29) is 37.3 Å². The molecule has 1 fully saturated rings. The van der Waals surface area contributed by atoms with E-state index >= 15 is 0 Å². The molecule has 1 aliphatic rings. The molecule has 3 atom stereocenters. The number of hydrogen-bond acceptors (Lipinski definition) is 8. The van der Waals surface area contributed by atoms with Crippen LogP contribution in [0.1, 0.15) is 67.5 Å². The van der Waals surface area contributed by atoms with E-state index in [1.807, 2.05) is 0 Å². The first-order valence-corrected chi connectivity index (χ1v) is 14.4. The van der Waals surface area contributed by atoms with Crippen molar-refractivity contribution in [1.82, 2.24) is 16.0 Å². The maximum absolute atomic E-state index is 13.6. The van der Waals surface area contributed by atoms with Gasteiger partial charge in [0, 0.05) is 13.0 Å². The summed E-state index contributed by atoms with van der Waals surface area (Å²) < 4.78 is 5.09. The highest BCUT2D eigenvalue weighted by atomic mass is 16.4. The minimum absolute atomic E-state index is 0.0227. The Balaban J connectivity index is 1.68. The van der Waals surface area contributed by atoms with Gasteiger partial charge in [0.25, 0.3) is 5.91 Å². The Morgan fingerprint density at radius 3 is 2.21 bits per heavy atom. The van der Waals surface area contributed by atoms with Crippen LogP contribution >= 0.6 is 0 Å². The second-order valence-electron chi connectivity index (χ2n) is 11.0. The first-order chi connectivity index (χ1) is 20.5. The van der Waals surface area contributed by atoms with Crippen molar-refractivity contribution in [2.75, 3.05) is 13.1 Å². The number of phenolic OH excluding ortho intramolecular Hbond substituents is 1. The Hall–Kier alpha value is -4.39. The highest BCUT2D eigenvalue weighted by Crippen LogP contribution is 2.43. The Labute approximate surface area is 249 Å². The summed E-state index contributed by atoms with van der Waals surface area (Å²) in [4.78, 5) is 63.4. The van der Waals surface area contributed by atoms with E-state index in [0.717, 1.165) is 0 Å². The smallest absolute Gasteiger partial charge is 0.326 e. The number of hydrogen-bond donors (Lipinski definition) is 7. The van der Waals surface area contributed by atoms with Gasteiger partial charge in [0.2, 0.25) is 11.8 Å². The molecule has 1 aliphatic carbocycles. The van der Waals surface area contributed by atoms with E-state index in [1.54, 1.807) is 12.1 Å². The van der Waals surface area contributed by atoms with Gasteiger partial charge in [0.15, 0.2) is 5.76 Å². The lowest BCUT2D eigenvalue weighted by Crippen LogP contribution is -2.51. The predicted octanol–water partition coefficient (Wildman–Crippen LogP) is 1.79. The maximum Gasteiger partial charge on any atom is 0.326 e. The van der Waals surface area contributed by atoms with Crippen LogP contribution in [0.3, 0.4) is 0 Å². The SMILES string of the molecule is NCCCC[C@H](NC(=O)c1ccco1)C(=O)NC[C@H](CC1(C(=O)N[C@@H](Cc2ccc(O)cc2)C(=O)O)CCCC1)C(=O)O. The molecule has 3 rings (SSSR count). The number of carboxylic acids is 2. The number of aliphatic carboxylic acids is 2. The molecule has 1 saturated carbocycles. The summed E-state index contributed by atoms with van der Waals surface area (Å²) >= 11 is 0. The molecule has 0 spiro atoms. The third-order valence-corrected chi connectivity index (χ3v) is 7.84. The number of nitrogens with two attached hydrogens (primary N) is 1. The van der Waals surface area contributed by atoms with Crippen LogP contribution < -0.4 is 21.7 Å². The minimum Gasteiger partial charge on any atom is -0.508 e. The second-order valence-corrected chi connectivity index (χ2v) is 11.0. The lowest BCUT2D eigenvalue weighted by Gasteiger charge is -2.32. The zero-order chi connectivity index (χ0) is 31.4. The van der Waals surface area contributed by atoms with Crippen molar-refractivity contribution < 1.29 is 43.7 Å². The molecule has 0 aliphatic heterocycles. The number of nitrogens with one attached hydrogen (secondary N) is 3. The fraction of sp³-hybridized carbons (Fsp3) is 0.500. The van der Waals surface area contributed by atoms with Crippen molar-refractivity contribution in [3.05, 3.63) is 54.0 Å². The number of rotatable bonds is 17. The molecular weight excluding hydrogens is 560 g/mol. The summed E-state index contributed by atoms with van der Waals surface area (Å²) in [7, 11) is 0. The van der Waals surface area contributed by atoms with E-state index < -0.39 is 53.1 Å². The van der Waals surface area contributed by atoms with Crippen LogP contribution in [0.2, 0.25) is 0 Å². The third kappa shape index (κ3) is 9.57. The van der Waals surface area contributed by atoms with E-state index in [1.165, 1.54) is 30.5 Å². The van der Waals surface area contributed by atoms with Crippen LogP contribution in [0.15, 0.2) is 47.1 Å². The number of aromatic hydroxyl groups is 1. The number of benzene rings is 1. The number of carboxylic acid groups (broad SMARTS) is 2. The third-order valence-electron chi connectivity index (χ3n) is 7.84. The fourth-order valence-corrected chi connectivity index (χ4v) is 5.42. The van der Waals surface area contributed by atoms with Crippen molar-refractivity contribution in [3.8, 4) is 5.75 Å².